The highest BCUT2D eigenvalue weighted by atomic mass is 79.9. The number of rotatable bonds is 5. The Balaban J connectivity index is 1.47. The van der Waals surface area contributed by atoms with Crippen LogP contribution in [0.4, 0.5) is 10.5 Å². The number of alkyl carbamates (subject to hydrolysis) is 1. The summed E-state index contributed by atoms with van der Waals surface area (Å²) in [5.74, 6) is 0.331. The van der Waals surface area contributed by atoms with Crippen LogP contribution in [0.2, 0.25) is 0 Å². The average Bonchev–Trinajstić information content (AvgIpc) is 3.53. The van der Waals surface area contributed by atoms with Gasteiger partial charge >= 0.3 is 6.09 Å². The molecule has 1 heterocycles. The Labute approximate surface area is 191 Å². The molecule has 1 amide bonds. The van der Waals surface area contributed by atoms with Crippen LogP contribution in [0.5, 0.6) is 0 Å². The fourth-order valence-corrected chi connectivity index (χ4v) is 4.49. The molecule has 6 nitrogen and oxygen atoms in total. The summed E-state index contributed by atoms with van der Waals surface area (Å²) in [4.78, 5) is 29.5. The lowest BCUT2D eigenvalue weighted by Crippen LogP contribution is -2.42. The van der Waals surface area contributed by atoms with E-state index >= 15 is 0 Å². The van der Waals surface area contributed by atoms with Crippen molar-refractivity contribution in [1.82, 2.24) is 10.3 Å². The Bertz CT molecular complexity index is 989. The maximum atomic E-state index is 12.9. The molecular weight excluding hydrogens is 458 g/mol. The van der Waals surface area contributed by atoms with Crippen molar-refractivity contribution in [1.29, 1.82) is 0 Å². The molecule has 166 valence electrons. The predicted octanol–water partition coefficient (Wildman–Crippen LogP) is 5.84. The predicted molar refractivity (Wildman–Crippen MR) is 126 cm³/mol. The van der Waals surface area contributed by atoms with Crippen molar-refractivity contribution in [2.24, 2.45) is 5.92 Å². The number of anilines is 1. The first-order chi connectivity index (χ1) is 14.7. The Morgan fingerprint density at radius 3 is 2.39 bits per heavy atom. The van der Waals surface area contributed by atoms with Gasteiger partial charge in [0, 0.05) is 34.1 Å². The summed E-state index contributed by atoms with van der Waals surface area (Å²) < 4.78 is 6.34. The second-order valence-electron chi connectivity index (χ2n) is 9.69. The van der Waals surface area contributed by atoms with Gasteiger partial charge in [-0.15, -0.1) is 0 Å². The lowest BCUT2D eigenvalue weighted by Gasteiger charge is -2.31. The monoisotopic (exact) mass is 487 g/mol. The molecule has 2 aliphatic carbocycles. The maximum Gasteiger partial charge on any atom is 0.407 e. The molecule has 2 aromatic rings. The molecule has 0 spiro atoms. The highest BCUT2D eigenvalue weighted by Gasteiger charge is 2.33. The number of ether oxygens (including phenoxy) is 1. The highest BCUT2D eigenvalue weighted by molar-refractivity contribution is 9.10. The normalized spacial score (nSPS) is 21.5. The van der Waals surface area contributed by atoms with Crippen LogP contribution < -0.4 is 10.6 Å². The van der Waals surface area contributed by atoms with Gasteiger partial charge in [-0.2, -0.15) is 0 Å². The van der Waals surface area contributed by atoms with Crippen LogP contribution >= 0.6 is 15.9 Å². The smallest absolute Gasteiger partial charge is 0.407 e. The Kier molecular flexibility index (Phi) is 6.24. The second-order valence-corrected chi connectivity index (χ2v) is 10.6. The minimum atomic E-state index is -0.496. The van der Waals surface area contributed by atoms with E-state index in [9.17, 15) is 9.59 Å². The Morgan fingerprint density at radius 2 is 1.74 bits per heavy atom. The molecular formula is C24H30BrN3O3. The number of carbonyl (C=O) groups is 2. The zero-order valence-electron chi connectivity index (χ0n) is 18.3. The lowest BCUT2D eigenvalue weighted by molar-refractivity contribution is 0.0492. The summed E-state index contributed by atoms with van der Waals surface area (Å²) in [6.45, 7) is 5.60. The summed E-state index contributed by atoms with van der Waals surface area (Å²) in [7, 11) is 0. The molecule has 0 saturated heterocycles. The number of hydrogen-bond donors (Lipinski definition) is 2. The summed E-state index contributed by atoms with van der Waals surface area (Å²) in [6, 6.07) is 6.33. The van der Waals surface area contributed by atoms with E-state index < -0.39 is 5.60 Å². The number of carbonyl (C=O) groups excluding carboxylic acids is 2. The third-order valence-electron chi connectivity index (χ3n) is 5.84. The van der Waals surface area contributed by atoms with Crippen LogP contribution in [-0.2, 0) is 4.74 Å². The number of amides is 1. The highest BCUT2D eigenvalue weighted by Crippen LogP contribution is 2.38. The molecule has 0 unspecified atom stereocenters. The number of nitrogens with one attached hydrogen (secondary N) is 2. The van der Waals surface area contributed by atoms with Gasteiger partial charge in [0.25, 0.3) is 0 Å². The number of hydrogen-bond acceptors (Lipinski definition) is 5. The Hall–Kier alpha value is -2.15. The van der Waals surface area contributed by atoms with Gasteiger partial charge in [0.1, 0.15) is 5.60 Å². The zero-order chi connectivity index (χ0) is 22.2. The van der Waals surface area contributed by atoms with Crippen molar-refractivity contribution in [2.75, 3.05) is 5.32 Å². The van der Waals surface area contributed by atoms with Gasteiger partial charge in [0.2, 0.25) is 0 Å². The molecule has 4 rings (SSSR count). The van der Waals surface area contributed by atoms with Crippen molar-refractivity contribution >= 4 is 44.4 Å². The van der Waals surface area contributed by atoms with Gasteiger partial charge in [-0.1, -0.05) is 15.9 Å². The number of nitrogens with zero attached hydrogens (tertiary/aromatic N) is 1. The zero-order valence-corrected chi connectivity index (χ0v) is 19.9. The first-order valence-corrected chi connectivity index (χ1v) is 11.9. The molecule has 2 aliphatic rings. The molecule has 1 aromatic heterocycles. The fraction of sp³-hybridized carbons (Fsp3) is 0.542. The number of fused-ring (bicyclic) bond motifs is 1. The van der Waals surface area contributed by atoms with Crippen molar-refractivity contribution in [2.45, 2.75) is 77.0 Å². The summed E-state index contributed by atoms with van der Waals surface area (Å²) in [5.41, 5.74) is 1.97. The van der Waals surface area contributed by atoms with Crippen LogP contribution in [0.15, 0.2) is 28.9 Å². The Morgan fingerprint density at radius 1 is 1.06 bits per heavy atom. The van der Waals surface area contributed by atoms with E-state index in [0.717, 1.165) is 59.6 Å². The quantitative estimate of drug-likeness (QED) is 0.517. The minimum Gasteiger partial charge on any atom is -0.444 e. The van der Waals surface area contributed by atoms with Crippen LogP contribution in [-0.4, -0.2) is 34.5 Å². The molecule has 7 heteroatoms. The van der Waals surface area contributed by atoms with Crippen LogP contribution in [0.1, 0.15) is 69.7 Å². The van der Waals surface area contributed by atoms with Gasteiger partial charge in [-0.05, 0) is 77.5 Å². The molecule has 31 heavy (non-hydrogen) atoms. The van der Waals surface area contributed by atoms with Crippen molar-refractivity contribution in [3.63, 3.8) is 0 Å². The van der Waals surface area contributed by atoms with Crippen LogP contribution in [0.3, 0.4) is 0 Å². The van der Waals surface area contributed by atoms with E-state index in [1.807, 2.05) is 39.0 Å². The molecule has 0 radical (unpaired) electrons. The lowest BCUT2D eigenvalue weighted by atomic mass is 9.90. The standard InChI is InChI=1S/C24H30BrN3O3/c1-24(2,3)31-23(30)28-17-9-7-16(8-10-17)27-21-18-12-15(25)6-11-20(18)26-13-19(21)22(29)14-4-5-14/h6,11-14,16-17H,4-5,7-10H2,1-3H3,(H,26,27)(H,28,30)/t16-,17+. The second kappa shape index (κ2) is 8.77. The van der Waals surface area contributed by atoms with E-state index in [-0.39, 0.29) is 29.9 Å². The van der Waals surface area contributed by atoms with E-state index in [4.69, 9.17) is 4.74 Å². The molecule has 2 fully saturated rings. The van der Waals surface area contributed by atoms with Gasteiger partial charge in [-0.25, -0.2) is 4.79 Å². The topological polar surface area (TPSA) is 80.3 Å². The molecule has 0 bridgehead atoms. The van der Waals surface area contributed by atoms with Crippen molar-refractivity contribution in [3.05, 3.63) is 34.4 Å². The summed E-state index contributed by atoms with van der Waals surface area (Å²) in [6.07, 6.45) is 6.88. The van der Waals surface area contributed by atoms with Crippen molar-refractivity contribution in [3.8, 4) is 0 Å². The van der Waals surface area contributed by atoms with E-state index in [1.165, 1.54) is 0 Å². The third-order valence-corrected chi connectivity index (χ3v) is 6.33. The van der Waals surface area contributed by atoms with Gasteiger partial charge in [0.15, 0.2) is 5.78 Å². The molecule has 0 aliphatic heterocycles. The first kappa shape index (κ1) is 22.1. The van der Waals surface area contributed by atoms with Gasteiger partial charge in [0.05, 0.1) is 16.8 Å². The first-order valence-electron chi connectivity index (χ1n) is 11.1. The van der Waals surface area contributed by atoms with E-state index in [2.05, 4.69) is 31.5 Å². The SMILES string of the molecule is CC(C)(C)OC(=O)N[C@H]1CC[C@@H](Nc2c(C(=O)C3CC3)cnc3ccc(Br)cc23)CC1. The molecule has 2 saturated carbocycles. The van der Waals surface area contributed by atoms with Crippen LogP contribution in [0.25, 0.3) is 10.9 Å². The minimum absolute atomic E-state index is 0.115. The summed E-state index contributed by atoms with van der Waals surface area (Å²) >= 11 is 3.55. The maximum absolute atomic E-state index is 12.9. The number of pyridine rings is 1. The summed E-state index contributed by atoms with van der Waals surface area (Å²) in [5, 5.41) is 7.63. The number of benzene rings is 1. The van der Waals surface area contributed by atoms with E-state index in [0.29, 0.717) is 5.56 Å². The molecule has 0 atom stereocenters. The number of Topliss-reactive ketones (excluding diaryl/α,β-unsaturated/α-hetero) is 1. The van der Waals surface area contributed by atoms with Gasteiger partial charge in [-0.3, -0.25) is 9.78 Å². The molecule has 2 N–H and O–H groups in total. The van der Waals surface area contributed by atoms with E-state index in [1.54, 1.807) is 6.20 Å². The van der Waals surface area contributed by atoms with Crippen molar-refractivity contribution < 1.29 is 14.3 Å². The largest absolute Gasteiger partial charge is 0.444 e. The molecule has 1 aromatic carbocycles. The average molecular weight is 488 g/mol. The fourth-order valence-electron chi connectivity index (χ4n) is 4.13. The van der Waals surface area contributed by atoms with Gasteiger partial charge < -0.3 is 15.4 Å². The van der Waals surface area contributed by atoms with Crippen LogP contribution in [0, 0.1) is 5.92 Å². The number of ketones is 1. The number of halogens is 1. The number of aromatic nitrogens is 1. The third kappa shape index (κ3) is 5.56.